The Labute approximate surface area is 116 Å². The molecule has 1 fully saturated rings. The van der Waals surface area contributed by atoms with Crippen LogP contribution in [0.25, 0.3) is 0 Å². The predicted octanol–water partition coefficient (Wildman–Crippen LogP) is 2.63. The van der Waals surface area contributed by atoms with Gasteiger partial charge in [0.15, 0.2) is 5.82 Å². The molecule has 1 aromatic heterocycles. The first-order valence-electron chi connectivity index (χ1n) is 6.45. The third-order valence-electron chi connectivity index (χ3n) is 3.37. The van der Waals surface area contributed by atoms with E-state index in [0.29, 0.717) is 35.5 Å². The van der Waals surface area contributed by atoms with Crippen molar-refractivity contribution in [3.05, 3.63) is 46.6 Å². The summed E-state index contributed by atoms with van der Waals surface area (Å²) >= 11 is 6.09. The van der Waals surface area contributed by atoms with E-state index >= 15 is 0 Å². The molecule has 1 N–H and O–H groups in total. The molecule has 5 heteroatoms. The maximum absolute atomic E-state index is 9.84. The molecule has 0 amide bonds. The van der Waals surface area contributed by atoms with E-state index < -0.39 is 0 Å². The second-order valence-electron chi connectivity index (χ2n) is 4.98. The largest absolute Gasteiger partial charge is 0.392 e. The van der Waals surface area contributed by atoms with E-state index in [1.807, 2.05) is 24.3 Å². The Balaban J connectivity index is 1.66. The van der Waals surface area contributed by atoms with E-state index in [1.54, 1.807) is 0 Å². The predicted molar refractivity (Wildman–Crippen MR) is 71.0 cm³/mol. The molecule has 0 radical (unpaired) electrons. The van der Waals surface area contributed by atoms with Crippen LogP contribution in [0, 0.1) is 5.92 Å². The van der Waals surface area contributed by atoms with Gasteiger partial charge in [-0.25, -0.2) is 0 Å². The van der Waals surface area contributed by atoms with Crippen molar-refractivity contribution in [2.75, 3.05) is 0 Å². The standard InChI is InChI=1S/C14H15ClN2O2/c15-11-4-2-1-3-10(11)7-13-16-14(19-17-13)8-12(18)9-5-6-9/h1-4,9,12,18H,5-8H2. The second-order valence-corrected chi connectivity index (χ2v) is 5.39. The molecule has 0 bridgehead atoms. The lowest BCUT2D eigenvalue weighted by atomic mass is 10.1. The van der Waals surface area contributed by atoms with Gasteiger partial charge in [0, 0.05) is 11.4 Å². The molecule has 19 heavy (non-hydrogen) atoms. The van der Waals surface area contributed by atoms with Gasteiger partial charge in [-0.15, -0.1) is 0 Å². The van der Waals surface area contributed by atoms with Gasteiger partial charge < -0.3 is 9.63 Å². The lowest BCUT2D eigenvalue weighted by Crippen LogP contribution is -2.12. The van der Waals surface area contributed by atoms with Crippen molar-refractivity contribution < 1.29 is 9.63 Å². The summed E-state index contributed by atoms with van der Waals surface area (Å²) in [4.78, 5) is 4.30. The Morgan fingerprint density at radius 3 is 2.89 bits per heavy atom. The van der Waals surface area contributed by atoms with Crippen molar-refractivity contribution in [1.29, 1.82) is 0 Å². The van der Waals surface area contributed by atoms with Gasteiger partial charge in [0.05, 0.1) is 12.5 Å². The molecular weight excluding hydrogens is 264 g/mol. The molecule has 1 atom stereocenters. The Bertz CT molecular complexity index is 566. The smallest absolute Gasteiger partial charge is 0.229 e. The Kier molecular flexibility index (Phi) is 3.53. The van der Waals surface area contributed by atoms with Crippen LogP contribution >= 0.6 is 11.6 Å². The molecule has 0 spiro atoms. The summed E-state index contributed by atoms with van der Waals surface area (Å²) < 4.78 is 5.16. The minimum absolute atomic E-state index is 0.353. The molecule has 1 aliphatic carbocycles. The molecule has 3 rings (SSSR count). The fourth-order valence-corrected chi connectivity index (χ4v) is 2.29. The first-order valence-corrected chi connectivity index (χ1v) is 6.83. The Morgan fingerprint density at radius 2 is 2.16 bits per heavy atom. The van der Waals surface area contributed by atoms with E-state index in [0.717, 1.165) is 18.4 Å². The van der Waals surface area contributed by atoms with Crippen molar-refractivity contribution in [2.24, 2.45) is 5.92 Å². The summed E-state index contributed by atoms with van der Waals surface area (Å²) in [5.74, 6) is 1.52. The third-order valence-corrected chi connectivity index (χ3v) is 3.74. The Morgan fingerprint density at radius 1 is 1.37 bits per heavy atom. The zero-order chi connectivity index (χ0) is 13.2. The minimum Gasteiger partial charge on any atom is -0.392 e. The molecule has 1 unspecified atom stereocenters. The molecule has 1 saturated carbocycles. The highest BCUT2D eigenvalue weighted by Crippen LogP contribution is 2.33. The SMILES string of the molecule is OC(Cc1nc(Cc2ccccc2Cl)no1)C1CC1. The van der Waals surface area contributed by atoms with E-state index in [-0.39, 0.29) is 6.10 Å². The quantitative estimate of drug-likeness (QED) is 0.913. The average molecular weight is 279 g/mol. The highest BCUT2D eigenvalue weighted by atomic mass is 35.5. The zero-order valence-electron chi connectivity index (χ0n) is 10.4. The van der Waals surface area contributed by atoms with Gasteiger partial charge in [0.1, 0.15) is 0 Å². The summed E-state index contributed by atoms with van der Waals surface area (Å²) in [5.41, 5.74) is 0.972. The normalized spacial score (nSPS) is 16.5. The number of halogens is 1. The van der Waals surface area contributed by atoms with E-state index in [1.165, 1.54) is 0 Å². The van der Waals surface area contributed by atoms with Crippen molar-refractivity contribution >= 4 is 11.6 Å². The highest BCUT2D eigenvalue weighted by molar-refractivity contribution is 6.31. The van der Waals surface area contributed by atoms with Gasteiger partial charge in [-0.3, -0.25) is 0 Å². The number of benzene rings is 1. The van der Waals surface area contributed by atoms with E-state index in [2.05, 4.69) is 10.1 Å². The maximum Gasteiger partial charge on any atom is 0.229 e. The summed E-state index contributed by atoms with van der Waals surface area (Å²) in [5, 5.41) is 14.5. The summed E-state index contributed by atoms with van der Waals surface area (Å²) in [6.07, 6.45) is 2.83. The van der Waals surface area contributed by atoms with Gasteiger partial charge in [-0.2, -0.15) is 4.98 Å². The fourth-order valence-electron chi connectivity index (χ4n) is 2.08. The minimum atomic E-state index is -0.353. The van der Waals surface area contributed by atoms with Crippen LogP contribution in [0.1, 0.15) is 30.1 Å². The number of aliphatic hydroxyl groups is 1. The summed E-state index contributed by atoms with van der Waals surface area (Å²) in [6.45, 7) is 0. The van der Waals surface area contributed by atoms with Crippen LogP contribution in [0.2, 0.25) is 5.02 Å². The third kappa shape index (κ3) is 3.14. The van der Waals surface area contributed by atoms with Crippen LogP contribution in [0.4, 0.5) is 0 Å². The molecule has 2 aromatic rings. The molecular formula is C14H15ClN2O2. The number of nitrogens with zero attached hydrogens (tertiary/aromatic N) is 2. The average Bonchev–Trinajstić information content (AvgIpc) is 3.16. The van der Waals surface area contributed by atoms with Gasteiger partial charge in [0.25, 0.3) is 0 Å². The molecule has 1 heterocycles. The Hall–Kier alpha value is -1.39. The molecule has 0 saturated heterocycles. The lowest BCUT2D eigenvalue weighted by molar-refractivity contribution is 0.140. The monoisotopic (exact) mass is 278 g/mol. The number of aromatic nitrogens is 2. The topological polar surface area (TPSA) is 59.2 Å². The van der Waals surface area contributed by atoms with Gasteiger partial charge in [-0.05, 0) is 30.4 Å². The van der Waals surface area contributed by atoms with Crippen LogP contribution in [0.5, 0.6) is 0 Å². The van der Waals surface area contributed by atoms with Crippen molar-refractivity contribution in [1.82, 2.24) is 10.1 Å². The van der Waals surface area contributed by atoms with Crippen LogP contribution in [-0.4, -0.2) is 21.4 Å². The number of hydrogen-bond acceptors (Lipinski definition) is 4. The van der Waals surface area contributed by atoms with Crippen molar-refractivity contribution in [2.45, 2.75) is 31.8 Å². The van der Waals surface area contributed by atoms with Gasteiger partial charge in [-0.1, -0.05) is 35.0 Å². The van der Waals surface area contributed by atoms with Crippen LogP contribution < -0.4 is 0 Å². The first-order chi connectivity index (χ1) is 9.22. The van der Waals surface area contributed by atoms with Crippen LogP contribution in [-0.2, 0) is 12.8 Å². The van der Waals surface area contributed by atoms with E-state index in [9.17, 15) is 5.11 Å². The number of rotatable bonds is 5. The summed E-state index contributed by atoms with van der Waals surface area (Å²) in [7, 11) is 0. The maximum atomic E-state index is 9.84. The fraction of sp³-hybridized carbons (Fsp3) is 0.429. The molecule has 100 valence electrons. The van der Waals surface area contributed by atoms with Crippen molar-refractivity contribution in [3.8, 4) is 0 Å². The van der Waals surface area contributed by atoms with Crippen LogP contribution in [0.15, 0.2) is 28.8 Å². The van der Waals surface area contributed by atoms with Gasteiger partial charge in [0.2, 0.25) is 5.89 Å². The molecule has 1 aliphatic rings. The van der Waals surface area contributed by atoms with E-state index in [4.69, 9.17) is 16.1 Å². The lowest BCUT2D eigenvalue weighted by Gasteiger charge is -2.03. The first kappa shape index (κ1) is 12.6. The van der Waals surface area contributed by atoms with Crippen LogP contribution in [0.3, 0.4) is 0 Å². The number of aliphatic hydroxyl groups excluding tert-OH is 1. The second kappa shape index (κ2) is 5.31. The summed E-state index contributed by atoms with van der Waals surface area (Å²) in [6, 6.07) is 7.60. The molecule has 1 aromatic carbocycles. The number of hydrogen-bond donors (Lipinski definition) is 1. The van der Waals surface area contributed by atoms with Crippen molar-refractivity contribution in [3.63, 3.8) is 0 Å². The molecule has 4 nitrogen and oxygen atoms in total. The van der Waals surface area contributed by atoms with Gasteiger partial charge >= 0.3 is 0 Å². The zero-order valence-corrected chi connectivity index (χ0v) is 11.2. The molecule has 0 aliphatic heterocycles. The highest BCUT2D eigenvalue weighted by Gasteiger charge is 2.31.